The van der Waals surface area contributed by atoms with E-state index in [1.54, 1.807) is 4.90 Å². The maximum atomic E-state index is 12.3. The van der Waals surface area contributed by atoms with Gasteiger partial charge in [-0.05, 0) is 26.9 Å². The van der Waals surface area contributed by atoms with Crippen molar-refractivity contribution in [1.82, 2.24) is 9.80 Å². The van der Waals surface area contributed by atoms with Gasteiger partial charge in [0.15, 0.2) is 0 Å². The highest BCUT2D eigenvalue weighted by molar-refractivity contribution is 5.76. The summed E-state index contributed by atoms with van der Waals surface area (Å²) in [5.41, 5.74) is -0.292. The Balaban J connectivity index is 1.64. The molecule has 0 unspecified atom stereocenters. The predicted molar refractivity (Wildman–Crippen MR) is 74.2 cm³/mol. The molecule has 0 radical (unpaired) electrons. The first-order valence-corrected chi connectivity index (χ1v) is 7.87. The van der Waals surface area contributed by atoms with Crippen LogP contribution in [-0.2, 0) is 9.53 Å². The molecule has 0 N–H and O–H groups in total. The molecule has 4 atom stereocenters. The zero-order chi connectivity index (χ0) is 16.1. The fourth-order valence-corrected chi connectivity index (χ4v) is 4.45. The van der Waals surface area contributed by atoms with Crippen LogP contribution in [0.4, 0.5) is 13.2 Å². The number of nitrogens with zero attached hydrogens (tertiary/aromatic N) is 2. The molecule has 22 heavy (non-hydrogen) atoms. The molecule has 3 aliphatic rings. The van der Waals surface area contributed by atoms with Gasteiger partial charge in [0.1, 0.15) is 0 Å². The van der Waals surface area contributed by atoms with Gasteiger partial charge in [-0.1, -0.05) is 0 Å². The van der Waals surface area contributed by atoms with E-state index in [1.807, 2.05) is 14.1 Å². The molecule has 126 valence electrons. The highest BCUT2D eigenvalue weighted by Gasteiger charge is 2.63. The fourth-order valence-electron chi connectivity index (χ4n) is 4.45. The van der Waals surface area contributed by atoms with Crippen molar-refractivity contribution in [1.29, 1.82) is 0 Å². The molecule has 3 fully saturated rings. The van der Waals surface area contributed by atoms with Crippen LogP contribution in [0.1, 0.15) is 25.7 Å². The normalized spacial score (nSPS) is 37.2. The molecule has 3 aliphatic heterocycles. The van der Waals surface area contributed by atoms with Crippen molar-refractivity contribution in [3.05, 3.63) is 0 Å². The van der Waals surface area contributed by atoms with Gasteiger partial charge in [0.05, 0.1) is 24.7 Å². The number of alkyl halides is 3. The molecule has 3 saturated heterocycles. The maximum absolute atomic E-state index is 12.3. The molecule has 3 heterocycles. The number of ether oxygens (including phenoxy) is 1. The lowest BCUT2D eigenvalue weighted by molar-refractivity contribution is -0.149. The molecule has 1 amide bonds. The molecule has 0 saturated carbocycles. The number of halogens is 3. The van der Waals surface area contributed by atoms with Crippen LogP contribution in [0.25, 0.3) is 0 Å². The third-order valence-electron chi connectivity index (χ3n) is 5.33. The number of likely N-dealkylation sites (tertiary alicyclic amines) is 1. The molecule has 7 heteroatoms. The van der Waals surface area contributed by atoms with Crippen LogP contribution in [0.2, 0.25) is 0 Å². The zero-order valence-electron chi connectivity index (χ0n) is 13.0. The average molecular weight is 320 g/mol. The van der Waals surface area contributed by atoms with Crippen LogP contribution < -0.4 is 0 Å². The predicted octanol–water partition coefficient (Wildman–Crippen LogP) is 1.90. The maximum Gasteiger partial charge on any atom is 0.389 e. The van der Waals surface area contributed by atoms with E-state index in [0.29, 0.717) is 19.0 Å². The van der Waals surface area contributed by atoms with E-state index < -0.39 is 24.9 Å². The Morgan fingerprint density at radius 1 is 1.41 bits per heavy atom. The summed E-state index contributed by atoms with van der Waals surface area (Å²) in [6, 6.07) is 0. The molecule has 3 rings (SSSR count). The number of hydrogen-bond donors (Lipinski definition) is 0. The summed E-state index contributed by atoms with van der Waals surface area (Å²) in [5, 5.41) is 0. The van der Waals surface area contributed by atoms with E-state index in [2.05, 4.69) is 4.90 Å². The Morgan fingerprint density at radius 2 is 2.14 bits per heavy atom. The average Bonchev–Trinajstić information content (AvgIpc) is 3.04. The Kier molecular flexibility index (Phi) is 3.92. The summed E-state index contributed by atoms with van der Waals surface area (Å²) in [6.45, 7) is 1.92. The topological polar surface area (TPSA) is 32.8 Å². The largest absolute Gasteiger partial charge is 0.389 e. The number of amides is 1. The fraction of sp³-hybridized carbons (Fsp3) is 0.933. The third-order valence-corrected chi connectivity index (χ3v) is 5.33. The van der Waals surface area contributed by atoms with Crippen LogP contribution in [0.5, 0.6) is 0 Å². The molecule has 0 aromatic carbocycles. The number of carbonyl (C=O) groups is 1. The van der Waals surface area contributed by atoms with Gasteiger partial charge >= 0.3 is 6.18 Å². The van der Waals surface area contributed by atoms with E-state index in [0.717, 1.165) is 19.4 Å². The van der Waals surface area contributed by atoms with Crippen LogP contribution in [0.15, 0.2) is 0 Å². The highest BCUT2D eigenvalue weighted by atomic mass is 19.4. The van der Waals surface area contributed by atoms with Crippen molar-refractivity contribution in [3.8, 4) is 0 Å². The smallest absolute Gasteiger partial charge is 0.369 e. The molecular formula is C15H23F3N2O2. The molecule has 0 aromatic heterocycles. The van der Waals surface area contributed by atoms with E-state index in [1.165, 1.54) is 0 Å². The summed E-state index contributed by atoms with van der Waals surface area (Å²) in [4.78, 5) is 15.8. The second kappa shape index (κ2) is 5.37. The summed E-state index contributed by atoms with van der Waals surface area (Å²) in [5.74, 6) is 0.254. The Hall–Kier alpha value is -0.820. The number of rotatable bonds is 4. The molecule has 0 aromatic rings. The minimum absolute atomic E-state index is 0.250. The second-order valence-electron chi connectivity index (χ2n) is 7.18. The lowest BCUT2D eigenvalue weighted by Crippen LogP contribution is -2.40. The third kappa shape index (κ3) is 2.85. The first-order valence-electron chi connectivity index (χ1n) is 7.87. The standard InChI is InChI=1S/C15H23F3N2O2/c1-19(2)7-10-11-8-20(13(21)4-6-15(16,17)18)9-14(11)5-3-12(10)22-14/h10-12H,3-9H2,1-2H3/t10-,11+,12+,14+/m0/s1. The summed E-state index contributed by atoms with van der Waals surface area (Å²) >= 11 is 0. The van der Waals surface area contributed by atoms with E-state index in [-0.39, 0.29) is 17.6 Å². The van der Waals surface area contributed by atoms with Crippen molar-refractivity contribution in [2.24, 2.45) is 11.8 Å². The van der Waals surface area contributed by atoms with E-state index in [9.17, 15) is 18.0 Å². The molecule has 2 bridgehead atoms. The number of fused-ring (bicyclic) bond motifs is 1. The number of hydrogen-bond acceptors (Lipinski definition) is 3. The van der Waals surface area contributed by atoms with Gasteiger partial charge < -0.3 is 14.5 Å². The van der Waals surface area contributed by atoms with Crippen molar-refractivity contribution < 1.29 is 22.7 Å². The van der Waals surface area contributed by atoms with Crippen LogP contribution in [0, 0.1) is 11.8 Å². The van der Waals surface area contributed by atoms with Gasteiger partial charge in [0.25, 0.3) is 0 Å². The molecule has 1 spiro atoms. The summed E-state index contributed by atoms with van der Waals surface area (Å²) < 4.78 is 43.0. The van der Waals surface area contributed by atoms with Gasteiger partial charge in [-0.2, -0.15) is 13.2 Å². The Morgan fingerprint density at radius 3 is 2.77 bits per heavy atom. The minimum atomic E-state index is -4.27. The summed E-state index contributed by atoms with van der Waals surface area (Å²) in [6.07, 6.45) is -3.58. The van der Waals surface area contributed by atoms with Crippen LogP contribution in [0.3, 0.4) is 0 Å². The second-order valence-corrected chi connectivity index (χ2v) is 7.18. The first-order chi connectivity index (χ1) is 10.2. The zero-order valence-corrected chi connectivity index (χ0v) is 13.0. The van der Waals surface area contributed by atoms with Crippen LogP contribution >= 0.6 is 0 Å². The number of carbonyl (C=O) groups excluding carboxylic acids is 1. The van der Waals surface area contributed by atoms with Gasteiger partial charge in [0.2, 0.25) is 5.91 Å². The lowest BCUT2D eigenvalue weighted by atomic mass is 9.73. The Labute approximate surface area is 128 Å². The monoisotopic (exact) mass is 320 g/mol. The van der Waals surface area contributed by atoms with Crippen molar-refractivity contribution in [3.63, 3.8) is 0 Å². The molecule has 4 nitrogen and oxygen atoms in total. The highest BCUT2D eigenvalue weighted by Crippen LogP contribution is 2.55. The van der Waals surface area contributed by atoms with Gasteiger partial charge in [-0.3, -0.25) is 4.79 Å². The van der Waals surface area contributed by atoms with E-state index in [4.69, 9.17) is 4.74 Å². The van der Waals surface area contributed by atoms with Crippen LogP contribution in [-0.4, -0.2) is 67.3 Å². The quantitative estimate of drug-likeness (QED) is 0.793. The van der Waals surface area contributed by atoms with Crippen molar-refractivity contribution in [2.45, 2.75) is 43.6 Å². The SMILES string of the molecule is CN(C)C[C@H]1[C@H]2CN(C(=O)CCC(F)(F)F)C[C@]23CC[C@H]1O3. The minimum Gasteiger partial charge on any atom is -0.369 e. The van der Waals surface area contributed by atoms with E-state index >= 15 is 0 Å². The molecule has 0 aliphatic carbocycles. The van der Waals surface area contributed by atoms with Gasteiger partial charge in [-0.15, -0.1) is 0 Å². The van der Waals surface area contributed by atoms with Crippen molar-refractivity contribution in [2.75, 3.05) is 33.7 Å². The Bertz CT molecular complexity index is 455. The lowest BCUT2D eigenvalue weighted by Gasteiger charge is -2.30. The first kappa shape index (κ1) is 16.1. The molecular weight excluding hydrogens is 297 g/mol. The van der Waals surface area contributed by atoms with Crippen molar-refractivity contribution >= 4 is 5.91 Å². The van der Waals surface area contributed by atoms with Gasteiger partial charge in [0, 0.05) is 31.3 Å². The summed E-state index contributed by atoms with van der Waals surface area (Å²) in [7, 11) is 4.03. The van der Waals surface area contributed by atoms with Gasteiger partial charge in [-0.25, -0.2) is 0 Å².